The molecule has 0 saturated heterocycles. The molecule has 0 aliphatic heterocycles. The van der Waals surface area contributed by atoms with E-state index in [9.17, 15) is 4.79 Å². The van der Waals surface area contributed by atoms with Crippen molar-refractivity contribution in [2.45, 2.75) is 31.7 Å². The number of rotatable bonds is 3. The summed E-state index contributed by atoms with van der Waals surface area (Å²) < 4.78 is 3.43. The summed E-state index contributed by atoms with van der Waals surface area (Å²) in [5, 5.41) is 13.2. The molecule has 7 heteroatoms. The Labute approximate surface area is 143 Å². The van der Waals surface area contributed by atoms with Gasteiger partial charge in [-0.05, 0) is 38.0 Å². The van der Waals surface area contributed by atoms with Crippen LogP contribution in [0.5, 0.6) is 0 Å². The molecule has 0 unspecified atom stereocenters. The first-order valence-electron chi connectivity index (χ1n) is 8.51. The van der Waals surface area contributed by atoms with Gasteiger partial charge in [0, 0.05) is 41.8 Å². The Morgan fingerprint density at radius 1 is 1.24 bits per heavy atom. The molecule has 7 nitrogen and oxygen atoms in total. The highest BCUT2D eigenvalue weighted by Gasteiger charge is 2.27. The van der Waals surface area contributed by atoms with E-state index in [1.54, 1.807) is 15.4 Å². The third-order valence-corrected chi connectivity index (χ3v) is 5.02. The van der Waals surface area contributed by atoms with Crippen molar-refractivity contribution < 1.29 is 0 Å². The fraction of sp³-hybridized carbons (Fsp3) is 0.333. The van der Waals surface area contributed by atoms with Gasteiger partial charge in [-0.1, -0.05) is 0 Å². The molecule has 0 amide bonds. The van der Waals surface area contributed by atoms with Crippen molar-refractivity contribution in [3.63, 3.8) is 0 Å². The Morgan fingerprint density at radius 2 is 2.08 bits per heavy atom. The molecule has 126 valence electrons. The number of H-pyrrole nitrogens is 1. The van der Waals surface area contributed by atoms with Gasteiger partial charge in [0.25, 0.3) is 5.56 Å². The molecule has 1 fully saturated rings. The standard InChI is InChI=1S/C18H18N6O/c1-10(14-7-8-19-21-14)24-17-12(5-6-15(20-17)11-3-4-11)13-9-23(2)22-16(13)18(24)25/h5-11H,3-4H2,1-2H3,(H,19,21)/t10-/m1/s1. The van der Waals surface area contributed by atoms with Gasteiger partial charge in [0.1, 0.15) is 5.65 Å². The van der Waals surface area contributed by atoms with E-state index in [2.05, 4.69) is 27.4 Å². The molecule has 1 aliphatic carbocycles. The van der Waals surface area contributed by atoms with Crippen LogP contribution in [0.2, 0.25) is 0 Å². The van der Waals surface area contributed by atoms with Crippen molar-refractivity contribution in [2.24, 2.45) is 7.05 Å². The average Bonchev–Trinajstić information content (AvgIpc) is 3.15. The predicted octanol–water partition coefficient (Wildman–Crippen LogP) is 2.49. The Kier molecular flexibility index (Phi) is 2.89. The highest BCUT2D eigenvalue weighted by atomic mass is 16.1. The summed E-state index contributed by atoms with van der Waals surface area (Å²) in [6.07, 6.45) is 5.94. The molecule has 4 aromatic rings. The largest absolute Gasteiger partial charge is 0.282 e. The number of aromatic nitrogens is 6. The van der Waals surface area contributed by atoms with Crippen LogP contribution in [0.3, 0.4) is 0 Å². The third-order valence-electron chi connectivity index (χ3n) is 5.02. The number of nitrogens with zero attached hydrogens (tertiary/aromatic N) is 5. The van der Waals surface area contributed by atoms with Crippen LogP contribution in [0.1, 0.15) is 43.1 Å². The minimum absolute atomic E-state index is 0.120. The highest BCUT2D eigenvalue weighted by molar-refractivity contribution is 6.02. The molecule has 0 spiro atoms. The summed E-state index contributed by atoms with van der Waals surface area (Å²) in [6, 6.07) is 5.85. The number of hydrogen-bond donors (Lipinski definition) is 1. The van der Waals surface area contributed by atoms with Gasteiger partial charge in [0.05, 0.1) is 11.7 Å². The number of aromatic amines is 1. The Hall–Kier alpha value is -2.96. The molecule has 0 bridgehead atoms. The summed E-state index contributed by atoms with van der Waals surface area (Å²) in [5.74, 6) is 0.528. The minimum Gasteiger partial charge on any atom is -0.282 e. The van der Waals surface area contributed by atoms with Crippen LogP contribution in [0, 0.1) is 0 Å². The van der Waals surface area contributed by atoms with Crippen LogP contribution < -0.4 is 5.56 Å². The van der Waals surface area contributed by atoms with Gasteiger partial charge >= 0.3 is 0 Å². The van der Waals surface area contributed by atoms with Crippen LogP contribution in [0.4, 0.5) is 0 Å². The molecule has 4 aromatic heterocycles. The van der Waals surface area contributed by atoms with E-state index in [1.807, 2.05) is 26.2 Å². The maximum Gasteiger partial charge on any atom is 0.281 e. The van der Waals surface area contributed by atoms with Gasteiger partial charge in [-0.3, -0.25) is 19.1 Å². The fourth-order valence-electron chi connectivity index (χ4n) is 3.51. The molecule has 5 rings (SSSR count). The second-order valence-electron chi connectivity index (χ2n) is 6.81. The molecular weight excluding hydrogens is 316 g/mol. The summed E-state index contributed by atoms with van der Waals surface area (Å²) >= 11 is 0. The topological polar surface area (TPSA) is 81.4 Å². The molecule has 4 heterocycles. The van der Waals surface area contributed by atoms with Crippen LogP contribution in [-0.2, 0) is 7.05 Å². The second kappa shape index (κ2) is 5.02. The predicted molar refractivity (Wildman–Crippen MR) is 94.7 cm³/mol. The van der Waals surface area contributed by atoms with Gasteiger partial charge in [-0.25, -0.2) is 4.98 Å². The van der Waals surface area contributed by atoms with Crippen molar-refractivity contribution in [3.05, 3.63) is 52.3 Å². The van der Waals surface area contributed by atoms with Gasteiger partial charge in [-0.15, -0.1) is 0 Å². The van der Waals surface area contributed by atoms with E-state index in [0.29, 0.717) is 11.4 Å². The van der Waals surface area contributed by atoms with E-state index in [-0.39, 0.29) is 11.6 Å². The zero-order valence-corrected chi connectivity index (χ0v) is 14.1. The lowest BCUT2D eigenvalue weighted by molar-refractivity contribution is 0.614. The first-order chi connectivity index (χ1) is 12.1. The molecule has 1 aliphatic rings. The summed E-state index contributed by atoms with van der Waals surface area (Å²) in [4.78, 5) is 18.1. The number of hydrogen-bond acceptors (Lipinski definition) is 4. The van der Waals surface area contributed by atoms with E-state index >= 15 is 0 Å². The highest BCUT2D eigenvalue weighted by Crippen LogP contribution is 2.40. The molecule has 1 N–H and O–H groups in total. The number of nitrogens with one attached hydrogen (secondary N) is 1. The smallest absolute Gasteiger partial charge is 0.281 e. The van der Waals surface area contributed by atoms with Crippen molar-refractivity contribution in [3.8, 4) is 0 Å². The van der Waals surface area contributed by atoms with Crippen LogP contribution >= 0.6 is 0 Å². The second-order valence-corrected chi connectivity index (χ2v) is 6.81. The van der Waals surface area contributed by atoms with E-state index in [4.69, 9.17) is 4.98 Å². The average molecular weight is 334 g/mol. The fourth-order valence-corrected chi connectivity index (χ4v) is 3.51. The lowest BCUT2D eigenvalue weighted by Crippen LogP contribution is -2.26. The number of aryl methyl sites for hydroxylation is 1. The van der Waals surface area contributed by atoms with Crippen molar-refractivity contribution in [2.75, 3.05) is 0 Å². The maximum absolute atomic E-state index is 13.2. The summed E-state index contributed by atoms with van der Waals surface area (Å²) in [6.45, 7) is 1.98. The monoisotopic (exact) mass is 334 g/mol. The van der Waals surface area contributed by atoms with E-state index in [1.165, 1.54) is 12.8 Å². The van der Waals surface area contributed by atoms with E-state index in [0.717, 1.165) is 27.8 Å². The van der Waals surface area contributed by atoms with Gasteiger partial charge < -0.3 is 0 Å². The molecule has 25 heavy (non-hydrogen) atoms. The van der Waals surface area contributed by atoms with Crippen LogP contribution in [0.25, 0.3) is 21.9 Å². The van der Waals surface area contributed by atoms with E-state index < -0.39 is 0 Å². The lowest BCUT2D eigenvalue weighted by Gasteiger charge is -2.17. The normalized spacial score (nSPS) is 15.9. The molecule has 1 atom stereocenters. The van der Waals surface area contributed by atoms with Crippen molar-refractivity contribution in [1.29, 1.82) is 0 Å². The van der Waals surface area contributed by atoms with Crippen LogP contribution in [-0.4, -0.2) is 29.5 Å². The Bertz CT molecular complexity index is 1150. The quantitative estimate of drug-likeness (QED) is 0.624. The number of pyridine rings is 2. The molecule has 1 saturated carbocycles. The number of fused-ring (bicyclic) bond motifs is 3. The Morgan fingerprint density at radius 3 is 2.80 bits per heavy atom. The molecule has 0 aromatic carbocycles. The zero-order chi connectivity index (χ0) is 17.1. The Balaban J connectivity index is 1.89. The van der Waals surface area contributed by atoms with Crippen molar-refractivity contribution >= 4 is 21.9 Å². The maximum atomic E-state index is 13.2. The van der Waals surface area contributed by atoms with Crippen LogP contribution in [0.15, 0.2) is 35.4 Å². The van der Waals surface area contributed by atoms with Gasteiger partial charge in [0.2, 0.25) is 0 Å². The third kappa shape index (κ3) is 2.12. The van der Waals surface area contributed by atoms with Gasteiger partial charge in [-0.2, -0.15) is 10.2 Å². The summed E-state index contributed by atoms with van der Waals surface area (Å²) in [5.41, 5.74) is 3.02. The first-order valence-corrected chi connectivity index (χ1v) is 8.51. The molecular formula is C18H18N6O. The zero-order valence-electron chi connectivity index (χ0n) is 14.1. The summed E-state index contributed by atoms with van der Waals surface area (Å²) in [7, 11) is 1.83. The minimum atomic E-state index is -0.203. The first kappa shape index (κ1) is 14.4. The van der Waals surface area contributed by atoms with Gasteiger partial charge in [0.15, 0.2) is 5.52 Å². The lowest BCUT2D eigenvalue weighted by atomic mass is 10.1. The SMILES string of the molecule is C[C@H](c1ccn[nH]1)n1c(=O)c2nn(C)cc2c2ccc(C3CC3)nc21. The molecule has 0 radical (unpaired) electrons. The van der Waals surface area contributed by atoms with Crippen molar-refractivity contribution in [1.82, 2.24) is 29.5 Å².